The molecule has 0 amide bonds. The van der Waals surface area contributed by atoms with Crippen LogP contribution in [0.2, 0.25) is 0 Å². The number of furan rings is 1. The third kappa shape index (κ3) is 1.97. The predicted molar refractivity (Wildman–Crippen MR) is 56.6 cm³/mol. The van der Waals surface area contributed by atoms with E-state index in [1.165, 1.54) is 12.5 Å². The number of carbonyl (C=O) groups excluding carboxylic acids is 1. The van der Waals surface area contributed by atoms with Crippen LogP contribution in [-0.2, 0) is 0 Å². The first-order chi connectivity index (χ1) is 7.18. The van der Waals surface area contributed by atoms with E-state index in [0.29, 0.717) is 4.47 Å². The van der Waals surface area contributed by atoms with E-state index < -0.39 is 0 Å². The van der Waals surface area contributed by atoms with Gasteiger partial charge in [-0.2, -0.15) is 0 Å². The number of hydrogen-bond acceptors (Lipinski definition) is 4. The Bertz CT molecular complexity index is 490. The van der Waals surface area contributed by atoms with Gasteiger partial charge in [0.05, 0.1) is 22.6 Å². The molecule has 0 N–H and O–H groups in total. The lowest BCUT2D eigenvalue weighted by Crippen LogP contribution is -2.04. The zero-order valence-electron chi connectivity index (χ0n) is 7.90. The second kappa shape index (κ2) is 3.94. The monoisotopic (exact) mass is 266 g/mol. The molecule has 0 aromatic carbocycles. The van der Waals surface area contributed by atoms with Crippen LogP contribution in [0.1, 0.15) is 21.9 Å². The molecule has 0 atom stereocenters. The molecule has 5 heteroatoms. The van der Waals surface area contributed by atoms with E-state index in [1.54, 1.807) is 12.3 Å². The summed E-state index contributed by atoms with van der Waals surface area (Å²) in [5, 5.41) is 0. The van der Waals surface area contributed by atoms with Crippen molar-refractivity contribution in [2.45, 2.75) is 6.92 Å². The Morgan fingerprint density at radius 2 is 2.20 bits per heavy atom. The van der Waals surface area contributed by atoms with Gasteiger partial charge >= 0.3 is 0 Å². The van der Waals surface area contributed by atoms with Crippen LogP contribution in [0.5, 0.6) is 0 Å². The molecule has 0 saturated carbocycles. The van der Waals surface area contributed by atoms with Crippen LogP contribution in [0.25, 0.3) is 0 Å². The smallest absolute Gasteiger partial charge is 0.249 e. The summed E-state index contributed by atoms with van der Waals surface area (Å²) in [6.45, 7) is 1.81. The fourth-order valence-corrected chi connectivity index (χ4v) is 1.46. The topological polar surface area (TPSA) is 56.0 Å². The highest BCUT2D eigenvalue weighted by Gasteiger charge is 2.17. The van der Waals surface area contributed by atoms with Crippen molar-refractivity contribution in [1.29, 1.82) is 0 Å². The molecule has 2 rings (SSSR count). The molecular formula is C10H7BrN2O2. The fraction of sp³-hybridized carbons (Fsp3) is 0.100. The lowest BCUT2D eigenvalue weighted by Gasteiger charge is -1.97. The number of rotatable bonds is 2. The summed E-state index contributed by atoms with van der Waals surface area (Å²) in [5.41, 5.74) is 1.04. The summed E-state index contributed by atoms with van der Waals surface area (Å²) in [7, 11) is 0. The third-order valence-corrected chi connectivity index (χ3v) is 2.46. The quantitative estimate of drug-likeness (QED) is 0.784. The van der Waals surface area contributed by atoms with Gasteiger partial charge in [0.2, 0.25) is 5.78 Å². The summed E-state index contributed by atoms with van der Waals surface area (Å²) in [6, 6.07) is 1.66. The second-order valence-corrected chi connectivity index (χ2v) is 3.82. The molecule has 0 spiro atoms. The van der Waals surface area contributed by atoms with Gasteiger partial charge in [0.15, 0.2) is 5.76 Å². The van der Waals surface area contributed by atoms with Gasteiger partial charge in [-0.3, -0.25) is 9.78 Å². The van der Waals surface area contributed by atoms with Crippen molar-refractivity contribution in [1.82, 2.24) is 9.97 Å². The lowest BCUT2D eigenvalue weighted by molar-refractivity contribution is 0.100. The average molecular weight is 267 g/mol. The summed E-state index contributed by atoms with van der Waals surface area (Å²) >= 11 is 3.22. The maximum absolute atomic E-state index is 11.8. The number of aryl methyl sites for hydroxylation is 1. The predicted octanol–water partition coefficient (Wildman–Crippen LogP) is 2.37. The van der Waals surface area contributed by atoms with Crippen molar-refractivity contribution in [3.05, 3.63) is 46.3 Å². The fourth-order valence-electron chi connectivity index (χ4n) is 1.08. The lowest BCUT2D eigenvalue weighted by atomic mass is 10.2. The number of ketones is 1. The zero-order valence-corrected chi connectivity index (χ0v) is 9.48. The van der Waals surface area contributed by atoms with E-state index in [9.17, 15) is 4.79 Å². The number of halogens is 1. The van der Waals surface area contributed by atoms with Crippen molar-refractivity contribution in [2.24, 2.45) is 0 Å². The number of carbonyl (C=O) groups is 1. The van der Waals surface area contributed by atoms with E-state index in [-0.39, 0.29) is 17.2 Å². The number of aromatic nitrogens is 2. The molecule has 0 aliphatic carbocycles. The SMILES string of the molecule is Cc1cnc(C(=O)c2occc2Br)cn1. The molecule has 0 saturated heterocycles. The normalized spacial score (nSPS) is 10.3. The van der Waals surface area contributed by atoms with Gasteiger partial charge in [0, 0.05) is 6.20 Å². The van der Waals surface area contributed by atoms with Crippen LogP contribution < -0.4 is 0 Å². The molecule has 76 valence electrons. The molecule has 0 fully saturated rings. The van der Waals surface area contributed by atoms with Crippen LogP contribution in [0.4, 0.5) is 0 Å². The number of hydrogen-bond donors (Lipinski definition) is 0. The summed E-state index contributed by atoms with van der Waals surface area (Å²) in [6.07, 6.45) is 4.43. The van der Waals surface area contributed by atoms with E-state index in [4.69, 9.17) is 4.42 Å². The molecule has 15 heavy (non-hydrogen) atoms. The molecule has 0 aliphatic rings. The first-order valence-electron chi connectivity index (χ1n) is 4.25. The highest BCUT2D eigenvalue weighted by Crippen LogP contribution is 2.19. The Morgan fingerprint density at radius 3 is 2.73 bits per heavy atom. The Kier molecular flexibility index (Phi) is 2.64. The molecule has 0 unspecified atom stereocenters. The van der Waals surface area contributed by atoms with Crippen LogP contribution in [0, 0.1) is 6.92 Å². The Hall–Kier alpha value is -1.49. The summed E-state index contributed by atoms with van der Waals surface area (Å²) < 4.78 is 5.67. The minimum Gasteiger partial charge on any atom is -0.460 e. The third-order valence-electron chi connectivity index (χ3n) is 1.84. The maximum Gasteiger partial charge on any atom is 0.249 e. The molecule has 2 aromatic heterocycles. The minimum absolute atomic E-state index is 0.244. The number of nitrogens with zero attached hydrogens (tertiary/aromatic N) is 2. The molecule has 0 bridgehead atoms. The standard InChI is InChI=1S/C10H7BrN2O2/c1-6-4-13-8(5-12-6)9(14)10-7(11)2-3-15-10/h2-5H,1H3. The maximum atomic E-state index is 11.8. The van der Waals surface area contributed by atoms with Gasteiger partial charge in [-0.1, -0.05) is 0 Å². The van der Waals surface area contributed by atoms with Crippen molar-refractivity contribution in [3.63, 3.8) is 0 Å². The first-order valence-corrected chi connectivity index (χ1v) is 5.04. The van der Waals surface area contributed by atoms with Gasteiger partial charge in [-0.25, -0.2) is 4.98 Å². The minimum atomic E-state index is -0.278. The molecule has 0 aliphatic heterocycles. The van der Waals surface area contributed by atoms with E-state index in [1.807, 2.05) is 6.92 Å². The molecular weight excluding hydrogens is 260 g/mol. The summed E-state index contributed by atoms with van der Waals surface area (Å²) in [5.74, 6) is -0.0347. The van der Waals surface area contributed by atoms with Crippen molar-refractivity contribution in [2.75, 3.05) is 0 Å². The van der Waals surface area contributed by atoms with Gasteiger partial charge in [-0.05, 0) is 28.9 Å². The van der Waals surface area contributed by atoms with Crippen LogP contribution in [0.3, 0.4) is 0 Å². The average Bonchev–Trinajstić information content (AvgIpc) is 2.65. The van der Waals surface area contributed by atoms with Crippen LogP contribution in [0.15, 0.2) is 33.6 Å². The highest BCUT2D eigenvalue weighted by atomic mass is 79.9. The second-order valence-electron chi connectivity index (χ2n) is 2.97. The van der Waals surface area contributed by atoms with Gasteiger partial charge in [0.1, 0.15) is 5.69 Å². The van der Waals surface area contributed by atoms with Crippen LogP contribution >= 0.6 is 15.9 Å². The Morgan fingerprint density at radius 1 is 1.40 bits per heavy atom. The van der Waals surface area contributed by atoms with Crippen molar-refractivity contribution < 1.29 is 9.21 Å². The summed E-state index contributed by atoms with van der Waals surface area (Å²) in [4.78, 5) is 19.8. The van der Waals surface area contributed by atoms with Gasteiger partial charge in [0.25, 0.3) is 0 Å². The molecule has 4 nitrogen and oxygen atoms in total. The zero-order chi connectivity index (χ0) is 10.8. The molecule has 0 radical (unpaired) electrons. The van der Waals surface area contributed by atoms with E-state index in [2.05, 4.69) is 25.9 Å². The Labute approximate surface area is 94.5 Å². The van der Waals surface area contributed by atoms with Crippen LogP contribution in [-0.4, -0.2) is 15.8 Å². The Balaban J connectivity index is 2.37. The van der Waals surface area contributed by atoms with E-state index >= 15 is 0 Å². The van der Waals surface area contributed by atoms with Crippen molar-refractivity contribution >= 4 is 21.7 Å². The first kappa shape index (κ1) is 10.0. The molecule has 2 aromatic rings. The highest BCUT2D eigenvalue weighted by molar-refractivity contribution is 9.10. The largest absolute Gasteiger partial charge is 0.460 e. The van der Waals surface area contributed by atoms with E-state index in [0.717, 1.165) is 5.69 Å². The molecule has 2 heterocycles. The van der Waals surface area contributed by atoms with Gasteiger partial charge in [-0.15, -0.1) is 0 Å². The van der Waals surface area contributed by atoms with Crippen molar-refractivity contribution in [3.8, 4) is 0 Å². The van der Waals surface area contributed by atoms with Gasteiger partial charge < -0.3 is 4.42 Å².